The van der Waals surface area contributed by atoms with Crippen molar-refractivity contribution >= 4 is 28.9 Å². The van der Waals surface area contributed by atoms with E-state index in [4.69, 9.17) is 23.2 Å². The summed E-state index contributed by atoms with van der Waals surface area (Å²) < 4.78 is 0. The topological polar surface area (TPSA) is 57.8 Å². The van der Waals surface area contributed by atoms with Crippen molar-refractivity contribution in [2.24, 2.45) is 0 Å². The maximum Gasteiger partial charge on any atom is 0.285 e. The Labute approximate surface area is 114 Å². The van der Waals surface area contributed by atoms with E-state index >= 15 is 0 Å². The first-order valence-electron chi connectivity index (χ1n) is 5.38. The summed E-state index contributed by atoms with van der Waals surface area (Å²) >= 11 is 11.6. The van der Waals surface area contributed by atoms with Gasteiger partial charge in [0.2, 0.25) is 0 Å². The van der Waals surface area contributed by atoms with Gasteiger partial charge in [0.15, 0.2) is 0 Å². The fourth-order valence-electron chi connectivity index (χ4n) is 1.50. The highest BCUT2D eigenvalue weighted by molar-refractivity contribution is 6.32. The number of anilines is 1. The molecule has 94 valence electrons. The van der Waals surface area contributed by atoms with Gasteiger partial charge in [-0.25, -0.2) is 5.10 Å². The van der Waals surface area contributed by atoms with Crippen LogP contribution in [0.3, 0.4) is 0 Å². The normalized spacial score (nSPS) is 10.3. The van der Waals surface area contributed by atoms with E-state index in [1.54, 1.807) is 0 Å². The van der Waals surface area contributed by atoms with Crippen LogP contribution in [0.15, 0.2) is 35.3 Å². The van der Waals surface area contributed by atoms with Gasteiger partial charge in [0.25, 0.3) is 5.56 Å². The Balaban J connectivity index is 1.94. The Bertz CT molecular complexity index is 581. The van der Waals surface area contributed by atoms with E-state index < -0.39 is 5.56 Å². The smallest absolute Gasteiger partial charge is 0.285 e. The van der Waals surface area contributed by atoms with Crippen molar-refractivity contribution in [3.63, 3.8) is 0 Å². The number of H-pyrrole nitrogens is 1. The molecule has 1 heterocycles. The van der Waals surface area contributed by atoms with E-state index in [0.717, 1.165) is 12.0 Å². The summed E-state index contributed by atoms with van der Waals surface area (Å²) in [6, 6.07) is 7.61. The average Bonchev–Trinajstić information content (AvgIpc) is 2.37. The van der Waals surface area contributed by atoms with Crippen LogP contribution in [-0.2, 0) is 6.42 Å². The molecule has 0 atom stereocenters. The summed E-state index contributed by atoms with van der Waals surface area (Å²) in [5, 5.41) is 9.85. The van der Waals surface area contributed by atoms with Crippen molar-refractivity contribution in [1.29, 1.82) is 0 Å². The molecule has 0 aliphatic heterocycles. The van der Waals surface area contributed by atoms with Gasteiger partial charge >= 0.3 is 0 Å². The summed E-state index contributed by atoms with van der Waals surface area (Å²) in [6.45, 7) is 0.659. The van der Waals surface area contributed by atoms with Gasteiger partial charge in [-0.05, 0) is 24.1 Å². The Morgan fingerprint density at radius 2 is 1.94 bits per heavy atom. The second kappa shape index (κ2) is 5.89. The Morgan fingerprint density at radius 3 is 2.67 bits per heavy atom. The first kappa shape index (κ1) is 12.9. The number of rotatable bonds is 4. The molecular weight excluding hydrogens is 273 g/mol. The minimum Gasteiger partial charge on any atom is -0.382 e. The number of aromatic amines is 1. The Kier molecular flexibility index (Phi) is 4.23. The van der Waals surface area contributed by atoms with E-state index in [1.165, 1.54) is 6.20 Å². The molecule has 6 heteroatoms. The van der Waals surface area contributed by atoms with Crippen molar-refractivity contribution in [2.75, 3.05) is 11.9 Å². The van der Waals surface area contributed by atoms with E-state index in [9.17, 15) is 4.79 Å². The monoisotopic (exact) mass is 283 g/mol. The minimum atomic E-state index is -0.395. The predicted octanol–water partition coefficient (Wildman–Crippen LogP) is 2.73. The van der Waals surface area contributed by atoms with Crippen LogP contribution in [0.1, 0.15) is 5.56 Å². The van der Waals surface area contributed by atoms with Crippen LogP contribution in [0, 0.1) is 0 Å². The third kappa shape index (κ3) is 3.24. The van der Waals surface area contributed by atoms with Crippen LogP contribution < -0.4 is 10.9 Å². The van der Waals surface area contributed by atoms with Gasteiger partial charge in [0, 0.05) is 11.6 Å². The minimum absolute atomic E-state index is 0.126. The largest absolute Gasteiger partial charge is 0.382 e. The number of benzene rings is 1. The molecule has 18 heavy (non-hydrogen) atoms. The molecule has 0 saturated carbocycles. The first-order chi connectivity index (χ1) is 8.66. The number of aromatic nitrogens is 2. The molecule has 0 fully saturated rings. The van der Waals surface area contributed by atoms with Gasteiger partial charge in [-0.15, -0.1) is 0 Å². The number of halogens is 2. The van der Waals surface area contributed by atoms with Crippen LogP contribution in [0.4, 0.5) is 5.69 Å². The lowest BCUT2D eigenvalue weighted by Gasteiger charge is -2.07. The highest BCUT2D eigenvalue weighted by atomic mass is 35.5. The Hall–Kier alpha value is -1.52. The van der Waals surface area contributed by atoms with Gasteiger partial charge < -0.3 is 5.32 Å². The molecule has 2 rings (SSSR count). The number of hydrogen-bond donors (Lipinski definition) is 2. The maximum atomic E-state index is 11.2. The zero-order valence-electron chi connectivity index (χ0n) is 9.41. The summed E-state index contributed by atoms with van der Waals surface area (Å²) in [4.78, 5) is 11.2. The second-order valence-corrected chi connectivity index (χ2v) is 4.54. The molecule has 0 radical (unpaired) electrons. The maximum absolute atomic E-state index is 11.2. The zero-order valence-corrected chi connectivity index (χ0v) is 10.9. The molecule has 0 spiro atoms. The van der Waals surface area contributed by atoms with Gasteiger partial charge in [0.1, 0.15) is 5.02 Å². The molecule has 1 aromatic carbocycles. The van der Waals surface area contributed by atoms with Crippen molar-refractivity contribution in [2.45, 2.75) is 6.42 Å². The first-order valence-corrected chi connectivity index (χ1v) is 6.14. The summed E-state index contributed by atoms with van der Waals surface area (Å²) in [6.07, 6.45) is 2.30. The molecule has 1 aromatic heterocycles. The fourth-order valence-corrected chi connectivity index (χ4v) is 1.78. The van der Waals surface area contributed by atoms with Crippen LogP contribution >= 0.6 is 23.2 Å². The molecule has 4 nitrogen and oxygen atoms in total. The van der Waals surface area contributed by atoms with E-state index in [-0.39, 0.29) is 5.02 Å². The molecule has 2 N–H and O–H groups in total. The molecule has 0 bridgehead atoms. The third-order valence-electron chi connectivity index (χ3n) is 2.44. The standard InChI is InChI=1S/C12H11Cl2N3O/c13-9-3-1-8(2-4-9)5-6-15-10-7-16-17-12(18)11(10)14/h1-4,7H,5-6H2,(H2,15,17,18). The summed E-state index contributed by atoms with van der Waals surface area (Å²) in [7, 11) is 0. The highest BCUT2D eigenvalue weighted by Gasteiger charge is 2.03. The Morgan fingerprint density at radius 1 is 1.22 bits per heavy atom. The van der Waals surface area contributed by atoms with E-state index in [0.29, 0.717) is 17.3 Å². The SMILES string of the molecule is O=c1[nH]ncc(NCCc2ccc(Cl)cc2)c1Cl. The average molecular weight is 284 g/mol. The summed E-state index contributed by atoms with van der Waals surface area (Å²) in [5.74, 6) is 0. The van der Waals surface area contributed by atoms with Gasteiger partial charge in [-0.3, -0.25) is 4.79 Å². The molecule has 0 saturated heterocycles. The van der Waals surface area contributed by atoms with Crippen molar-refractivity contribution in [1.82, 2.24) is 10.2 Å². The molecule has 0 unspecified atom stereocenters. The molecule has 2 aromatic rings. The quantitative estimate of drug-likeness (QED) is 0.907. The van der Waals surface area contributed by atoms with Gasteiger partial charge in [-0.2, -0.15) is 5.10 Å². The molecule has 0 amide bonds. The van der Waals surface area contributed by atoms with Crippen LogP contribution in [-0.4, -0.2) is 16.7 Å². The molecule has 0 aliphatic carbocycles. The number of nitrogens with zero attached hydrogens (tertiary/aromatic N) is 1. The third-order valence-corrected chi connectivity index (χ3v) is 3.07. The predicted molar refractivity (Wildman–Crippen MR) is 73.5 cm³/mol. The lowest BCUT2D eigenvalue weighted by atomic mass is 10.1. The lowest BCUT2D eigenvalue weighted by molar-refractivity contribution is 0.969. The van der Waals surface area contributed by atoms with Crippen LogP contribution in [0.5, 0.6) is 0 Å². The number of nitrogens with one attached hydrogen (secondary N) is 2. The highest BCUT2D eigenvalue weighted by Crippen LogP contribution is 2.15. The van der Waals surface area contributed by atoms with E-state index in [2.05, 4.69) is 15.5 Å². The van der Waals surface area contributed by atoms with E-state index in [1.807, 2.05) is 24.3 Å². The van der Waals surface area contributed by atoms with Gasteiger partial charge in [-0.1, -0.05) is 35.3 Å². The fraction of sp³-hybridized carbons (Fsp3) is 0.167. The molecule has 0 aliphatic rings. The van der Waals surface area contributed by atoms with Crippen molar-refractivity contribution < 1.29 is 0 Å². The van der Waals surface area contributed by atoms with Crippen LogP contribution in [0.25, 0.3) is 0 Å². The van der Waals surface area contributed by atoms with Crippen LogP contribution in [0.2, 0.25) is 10.0 Å². The number of hydrogen-bond acceptors (Lipinski definition) is 3. The second-order valence-electron chi connectivity index (χ2n) is 3.73. The molecular formula is C12H11Cl2N3O. The summed E-state index contributed by atoms with van der Waals surface area (Å²) in [5.41, 5.74) is 1.29. The zero-order chi connectivity index (χ0) is 13.0. The van der Waals surface area contributed by atoms with Crippen molar-refractivity contribution in [3.8, 4) is 0 Å². The van der Waals surface area contributed by atoms with Crippen molar-refractivity contribution in [3.05, 3.63) is 56.4 Å². The lowest BCUT2D eigenvalue weighted by Crippen LogP contribution is -2.13. The van der Waals surface area contributed by atoms with Gasteiger partial charge in [0.05, 0.1) is 11.9 Å².